The second-order valence-electron chi connectivity index (χ2n) is 4.01. The molecule has 0 aromatic rings. The van der Waals surface area contributed by atoms with E-state index in [0.717, 1.165) is 25.0 Å². The van der Waals surface area contributed by atoms with Crippen LogP contribution in [0.15, 0.2) is 37.0 Å². The lowest BCUT2D eigenvalue weighted by Gasteiger charge is -1.97. The maximum atomic E-state index is 10.3. The first kappa shape index (κ1) is 20.2. The van der Waals surface area contributed by atoms with Crippen molar-refractivity contribution in [3.8, 4) is 0 Å². The molecule has 0 aliphatic carbocycles. The fraction of sp³-hybridized carbons (Fsp3) is 0.400. The van der Waals surface area contributed by atoms with Crippen LogP contribution in [0.4, 0.5) is 0 Å². The van der Waals surface area contributed by atoms with Gasteiger partial charge in [-0.3, -0.25) is 0 Å². The Balaban J connectivity index is 0. The summed E-state index contributed by atoms with van der Waals surface area (Å²) in [7, 11) is 0. The number of carbonyl (C=O) groups excluding carboxylic acids is 3. The summed E-state index contributed by atoms with van der Waals surface area (Å²) in [5, 5.41) is 0. The average Bonchev–Trinajstić information content (AvgIpc) is 2.73. The van der Waals surface area contributed by atoms with Crippen molar-refractivity contribution in [3.05, 3.63) is 37.0 Å². The van der Waals surface area contributed by atoms with E-state index in [-0.39, 0.29) is 5.97 Å². The molecular weight excluding hydrogens is 260 g/mol. The standard InChI is InChI=1S/C7H12O2.C4H2O3.C4H8/c1-3-5-6-9-7(8)4-2;5-3-1-2-4(6)7-3;1-4(2)3/h4H,2-3,5-6H2,1H3;1-2H;1H2,2-3H3. The summed E-state index contributed by atoms with van der Waals surface area (Å²) in [6.07, 6.45) is 5.32. The highest BCUT2D eigenvalue weighted by Crippen LogP contribution is 1.92. The largest absolute Gasteiger partial charge is 0.463 e. The number of rotatable bonds is 4. The Morgan fingerprint density at radius 1 is 1.30 bits per heavy atom. The quantitative estimate of drug-likeness (QED) is 0.261. The molecule has 0 N–H and O–H groups in total. The number of esters is 3. The molecule has 0 radical (unpaired) electrons. The number of allylic oxidation sites excluding steroid dienone is 1. The van der Waals surface area contributed by atoms with Crippen LogP contribution in [0, 0.1) is 0 Å². The highest BCUT2D eigenvalue weighted by atomic mass is 16.6. The van der Waals surface area contributed by atoms with Crippen LogP contribution < -0.4 is 0 Å². The topological polar surface area (TPSA) is 69.7 Å². The number of cyclic esters (lactones) is 2. The molecule has 1 aliphatic heterocycles. The first-order valence-electron chi connectivity index (χ1n) is 6.18. The van der Waals surface area contributed by atoms with Crippen molar-refractivity contribution in [1.82, 2.24) is 0 Å². The molecule has 1 aliphatic rings. The van der Waals surface area contributed by atoms with Gasteiger partial charge in [0.1, 0.15) is 0 Å². The molecule has 0 saturated carbocycles. The Morgan fingerprint density at radius 3 is 2.00 bits per heavy atom. The van der Waals surface area contributed by atoms with E-state index in [1.54, 1.807) is 0 Å². The normalized spacial score (nSPS) is 11.3. The minimum atomic E-state index is -0.579. The highest BCUT2D eigenvalue weighted by molar-refractivity contribution is 6.04. The third-order valence-corrected chi connectivity index (χ3v) is 1.47. The van der Waals surface area contributed by atoms with Crippen LogP contribution in [0.1, 0.15) is 33.6 Å². The Morgan fingerprint density at radius 2 is 1.75 bits per heavy atom. The van der Waals surface area contributed by atoms with Gasteiger partial charge in [-0.25, -0.2) is 14.4 Å². The molecule has 5 heteroatoms. The molecule has 1 rings (SSSR count). The summed E-state index contributed by atoms with van der Waals surface area (Å²) in [4.78, 5) is 30.2. The first-order chi connectivity index (χ1) is 9.33. The minimum Gasteiger partial charge on any atom is -0.463 e. The average molecular weight is 282 g/mol. The molecule has 20 heavy (non-hydrogen) atoms. The van der Waals surface area contributed by atoms with Gasteiger partial charge in [0.05, 0.1) is 6.61 Å². The van der Waals surface area contributed by atoms with E-state index >= 15 is 0 Å². The van der Waals surface area contributed by atoms with E-state index in [9.17, 15) is 14.4 Å². The van der Waals surface area contributed by atoms with Crippen molar-refractivity contribution >= 4 is 17.9 Å². The van der Waals surface area contributed by atoms with E-state index in [0.29, 0.717) is 6.61 Å². The van der Waals surface area contributed by atoms with Crippen LogP contribution >= 0.6 is 0 Å². The molecular formula is C15H22O5. The number of ether oxygens (including phenoxy) is 2. The SMILES string of the molecule is C=C(C)C.C=CC(=O)OCCCC.O=C1C=CC(=O)O1. The van der Waals surface area contributed by atoms with Gasteiger partial charge in [-0.15, -0.1) is 6.58 Å². The second kappa shape index (κ2) is 13.3. The van der Waals surface area contributed by atoms with Gasteiger partial charge in [0.2, 0.25) is 0 Å². The number of hydrogen-bond acceptors (Lipinski definition) is 5. The predicted molar refractivity (Wildman–Crippen MR) is 76.8 cm³/mol. The fourth-order valence-corrected chi connectivity index (χ4v) is 0.679. The van der Waals surface area contributed by atoms with Crippen LogP contribution in [0.2, 0.25) is 0 Å². The van der Waals surface area contributed by atoms with Crippen LogP contribution in [-0.2, 0) is 23.9 Å². The van der Waals surface area contributed by atoms with Gasteiger partial charge in [0, 0.05) is 18.2 Å². The van der Waals surface area contributed by atoms with Crippen molar-refractivity contribution in [1.29, 1.82) is 0 Å². The van der Waals surface area contributed by atoms with E-state index in [1.165, 1.54) is 11.6 Å². The van der Waals surface area contributed by atoms with Crippen LogP contribution in [0.3, 0.4) is 0 Å². The summed E-state index contributed by atoms with van der Waals surface area (Å²) in [5.41, 5.74) is 1.17. The Bertz CT molecular complexity index is 360. The third-order valence-electron chi connectivity index (χ3n) is 1.47. The first-order valence-corrected chi connectivity index (χ1v) is 6.18. The molecule has 112 valence electrons. The van der Waals surface area contributed by atoms with Crippen molar-refractivity contribution in [2.24, 2.45) is 0 Å². The molecule has 0 atom stereocenters. The van der Waals surface area contributed by atoms with Crippen LogP contribution in [0.5, 0.6) is 0 Å². The smallest absolute Gasteiger partial charge is 0.338 e. The summed E-state index contributed by atoms with van der Waals surface area (Å²) in [5.74, 6) is -1.49. The van der Waals surface area contributed by atoms with Gasteiger partial charge in [-0.1, -0.05) is 25.5 Å². The molecule has 0 bridgehead atoms. The molecule has 0 aromatic heterocycles. The molecule has 0 aromatic carbocycles. The van der Waals surface area contributed by atoms with Crippen molar-refractivity contribution in [3.63, 3.8) is 0 Å². The third kappa shape index (κ3) is 18.2. The summed E-state index contributed by atoms with van der Waals surface area (Å²) >= 11 is 0. The highest BCUT2D eigenvalue weighted by Gasteiger charge is 2.10. The molecule has 0 spiro atoms. The summed E-state index contributed by atoms with van der Waals surface area (Å²) < 4.78 is 8.65. The molecule has 5 nitrogen and oxygen atoms in total. The number of unbranched alkanes of at least 4 members (excludes halogenated alkanes) is 1. The lowest BCUT2D eigenvalue weighted by Crippen LogP contribution is -2.00. The molecule has 1 heterocycles. The van der Waals surface area contributed by atoms with Crippen molar-refractivity contribution in [2.45, 2.75) is 33.6 Å². The number of hydrogen-bond donors (Lipinski definition) is 0. The summed E-state index contributed by atoms with van der Waals surface area (Å²) in [6, 6.07) is 0. The van der Waals surface area contributed by atoms with Crippen LogP contribution in [-0.4, -0.2) is 24.5 Å². The van der Waals surface area contributed by atoms with Gasteiger partial charge in [0.25, 0.3) is 0 Å². The Labute approximate surface area is 119 Å². The van der Waals surface area contributed by atoms with Crippen molar-refractivity contribution in [2.75, 3.05) is 6.61 Å². The fourth-order valence-electron chi connectivity index (χ4n) is 0.679. The zero-order chi connectivity index (χ0) is 16.0. The predicted octanol–water partition coefficient (Wildman–Crippen LogP) is 2.72. The molecule has 0 fully saturated rings. The van der Waals surface area contributed by atoms with E-state index in [2.05, 4.69) is 22.6 Å². The van der Waals surface area contributed by atoms with Gasteiger partial charge in [-0.05, 0) is 20.3 Å². The van der Waals surface area contributed by atoms with Gasteiger partial charge < -0.3 is 9.47 Å². The summed E-state index contributed by atoms with van der Waals surface area (Å²) in [6.45, 7) is 13.3. The lowest BCUT2D eigenvalue weighted by atomic mass is 10.4. The van der Waals surface area contributed by atoms with Gasteiger partial charge in [-0.2, -0.15) is 0 Å². The van der Waals surface area contributed by atoms with E-state index in [1.807, 2.05) is 20.8 Å². The molecule has 0 unspecified atom stereocenters. The zero-order valence-corrected chi connectivity index (χ0v) is 12.3. The minimum absolute atomic E-state index is 0.330. The molecule has 0 saturated heterocycles. The maximum Gasteiger partial charge on any atom is 0.338 e. The second-order valence-corrected chi connectivity index (χ2v) is 4.01. The maximum absolute atomic E-state index is 10.3. The van der Waals surface area contributed by atoms with Gasteiger partial charge in [0.15, 0.2) is 0 Å². The molecule has 0 amide bonds. The van der Waals surface area contributed by atoms with E-state index < -0.39 is 11.9 Å². The Hall–Kier alpha value is -2.17. The number of carbonyl (C=O) groups is 3. The van der Waals surface area contributed by atoms with E-state index in [4.69, 9.17) is 0 Å². The lowest BCUT2D eigenvalue weighted by molar-refractivity contribution is -0.150. The van der Waals surface area contributed by atoms with Crippen LogP contribution in [0.25, 0.3) is 0 Å². The van der Waals surface area contributed by atoms with Gasteiger partial charge >= 0.3 is 17.9 Å². The zero-order valence-electron chi connectivity index (χ0n) is 12.3. The Kier molecular flexibility index (Phi) is 13.4. The monoisotopic (exact) mass is 282 g/mol. The van der Waals surface area contributed by atoms with Crippen molar-refractivity contribution < 1.29 is 23.9 Å².